The highest BCUT2D eigenvalue weighted by Crippen LogP contribution is 2.39. The maximum Gasteiger partial charge on any atom is 0.336 e. The number of imide groups is 2. The molecule has 12 heteroatoms. The van der Waals surface area contributed by atoms with Crippen molar-refractivity contribution in [1.29, 1.82) is 0 Å². The van der Waals surface area contributed by atoms with Crippen molar-refractivity contribution in [1.82, 2.24) is 5.32 Å². The zero-order chi connectivity index (χ0) is 27.4. The minimum atomic E-state index is -0.977. The first-order valence-electron chi connectivity index (χ1n) is 11.0. The molecule has 0 spiro atoms. The van der Waals surface area contributed by atoms with Crippen LogP contribution in [-0.2, 0) is 16.2 Å². The van der Waals surface area contributed by atoms with E-state index >= 15 is 0 Å². The highest BCUT2D eigenvalue weighted by atomic mass is 35.5. The third-order valence-corrected chi connectivity index (χ3v) is 5.83. The quantitative estimate of drug-likeness (QED) is 0.192. The van der Waals surface area contributed by atoms with Crippen molar-refractivity contribution < 1.29 is 33.5 Å². The number of nitro benzene ring substituents is 1. The standard InChI is InChI=1S/C26H20ClN3O8/c1-36-22-13-20(23(37-2)12-19(22)27)29-25(32)18(24(31)28-26(29)33)11-16-7-3-4-9-21(16)38-14-15-6-5-8-17(10-15)30(34)35/h3-13H,14H2,1-2H3,(H,28,31,33)/b18-11+. The van der Waals surface area contributed by atoms with Gasteiger partial charge < -0.3 is 14.2 Å². The van der Waals surface area contributed by atoms with Crippen LogP contribution in [0, 0.1) is 10.1 Å². The third kappa shape index (κ3) is 5.27. The normalized spacial score (nSPS) is 14.3. The number of ether oxygens (including phenoxy) is 3. The molecule has 1 aliphatic rings. The molecule has 11 nitrogen and oxygen atoms in total. The lowest BCUT2D eigenvalue weighted by Crippen LogP contribution is -2.54. The molecule has 1 aliphatic heterocycles. The van der Waals surface area contributed by atoms with E-state index in [1.165, 1.54) is 44.6 Å². The minimum Gasteiger partial charge on any atom is -0.495 e. The largest absolute Gasteiger partial charge is 0.495 e. The lowest BCUT2D eigenvalue weighted by Gasteiger charge is -2.28. The number of anilines is 1. The molecular formula is C26H20ClN3O8. The van der Waals surface area contributed by atoms with E-state index in [1.54, 1.807) is 36.4 Å². The van der Waals surface area contributed by atoms with E-state index in [-0.39, 0.29) is 40.1 Å². The molecule has 194 valence electrons. The number of nitro groups is 1. The number of hydrogen-bond acceptors (Lipinski definition) is 8. The Balaban J connectivity index is 1.68. The van der Waals surface area contributed by atoms with Crippen LogP contribution in [0.3, 0.4) is 0 Å². The number of rotatable bonds is 8. The molecule has 1 heterocycles. The third-order valence-electron chi connectivity index (χ3n) is 5.53. The van der Waals surface area contributed by atoms with E-state index in [2.05, 4.69) is 5.32 Å². The van der Waals surface area contributed by atoms with Gasteiger partial charge in [-0.3, -0.25) is 25.0 Å². The van der Waals surface area contributed by atoms with Gasteiger partial charge in [0.05, 0.1) is 29.9 Å². The van der Waals surface area contributed by atoms with Gasteiger partial charge in [-0.05, 0) is 17.7 Å². The average molecular weight is 538 g/mol. The Labute approximate surface area is 221 Å². The molecule has 4 rings (SSSR count). The first-order valence-corrected chi connectivity index (χ1v) is 11.4. The molecule has 0 aliphatic carbocycles. The number of nitrogens with zero attached hydrogens (tertiary/aromatic N) is 2. The van der Waals surface area contributed by atoms with E-state index < -0.39 is 22.8 Å². The lowest BCUT2D eigenvalue weighted by molar-refractivity contribution is -0.384. The highest BCUT2D eigenvalue weighted by Gasteiger charge is 2.38. The van der Waals surface area contributed by atoms with Gasteiger partial charge in [-0.1, -0.05) is 41.9 Å². The molecular weight excluding hydrogens is 518 g/mol. The first-order chi connectivity index (χ1) is 18.2. The summed E-state index contributed by atoms with van der Waals surface area (Å²) in [6.07, 6.45) is 1.29. The fourth-order valence-corrected chi connectivity index (χ4v) is 3.93. The van der Waals surface area contributed by atoms with Crippen molar-refractivity contribution >= 4 is 46.9 Å². The molecule has 3 aromatic rings. The molecule has 0 radical (unpaired) electrons. The summed E-state index contributed by atoms with van der Waals surface area (Å²) in [4.78, 5) is 50.1. The smallest absolute Gasteiger partial charge is 0.336 e. The van der Waals surface area contributed by atoms with Gasteiger partial charge in [-0.25, -0.2) is 9.69 Å². The number of halogens is 1. The number of amides is 4. The van der Waals surface area contributed by atoms with Crippen LogP contribution in [0.1, 0.15) is 11.1 Å². The topological polar surface area (TPSA) is 137 Å². The van der Waals surface area contributed by atoms with Crippen molar-refractivity contribution in [3.05, 3.63) is 92.5 Å². The van der Waals surface area contributed by atoms with Crippen LogP contribution in [0.15, 0.2) is 66.2 Å². The number of methoxy groups -OCH3 is 2. The number of benzene rings is 3. The Hall–Kier alpha value is -4.90. The molecule has 0 unspecified atom stereocenters. The second-order valence-electron chi connectivity index (χ2n) is 7.87. The highest BCUT2D eigenvalue weighted by molar-refractivity contribution is 6.39. The molecule has 0 atom stereocenters. The van der Waals surface area contributed by atoms with Gasteiger partial charge in [0.2, 0.25) is 0 Å². The summed E-state index contributed by atoms with van der Waals surface area (Å²) in [5, 5.41) is 13.4. The summed E-state index contributed by atoms with van der Waals surface area (Å²) in [5.41, 5.74) is 0.516. The summed E-state index contributed by atoms with van der Waals surface area (Å²) in [7, 11) is 2.71. The van der Waals surface area contributed by atoms with Gasteiger partial charge in [0.1, 0.15) is 29.4 Å². The van der Waals surface area contributed by atoms with E-state index in [9.17, 15) is 24.5 Å². The van der Waals surface area contributed by atoms with Crippen molar-refractivity contribution in [3.8, 4) is 17.2 Å². The number of para-hydroxylation sites is 1. The number of urea groups is 1. The van der Waals surface area contributed by atoms with Crippen LogP contribution >= 0.6 is 11.6 Å². The van der Waals surface area contributed by atoms with E-state index in [0.717, 1.165) is 4.90 Å². The van der Waals surface area contributed by atoms with Crippen molar-refractivity contribution in [2.75, 3.05) is 19.1 Å². The molecule has 1 saturated heterocycles. The van der Waals surface area contributed by atoms with E-state index in [1.807, 2.05) is 0 Å². The van der Waals surface area contributed by atoms with Crippen LogP contribution in [0.25, 0.3) is 6.08 Å². The fraction of sp³-hybridized carbons (Fsp3) is 0.115. The monoisotopic (exact) mass is 537 g/mol. The molecule has 1 N–H and O–H groups in total. The Morgan fingerprint density at radius 1 is 0.974 bits per heavy atom. The zero-order valence-corrected chi connectivity index (χ0v) is 20.9. The number of hydrogen-bond donors (Lipinski definition) is 1. The molecule has 1 fully saturated rings. The van der Waals surface area contributed by atoms with Crippen molar-refractivity contribution in [2.24, 2.45) is 0 Å². The second kappa shape index (κ2) is 11.0. The number of carbonyl (C=O) groups excluding carboxylic acids is 3. The maximum atomic E-state index is 13.4. The Kier molecular flexibility index (Phi) is 7.58. The molecule has 0 saturated carbocycles. The molecule has 0 aromatic heterocycles. The van der Waals surface area contributed by atoms with E-state index in [4.69, 9.17) is 25.8 Å². The first kappa shape index (κ1) is 26.2. The summed E-state index contributed by atoms with van der Waals surface area (Å²) in [5.74, 6) is -1.21. The minimum absolute atomic E-state index is 0.00557. The van der Waals surface area contributed by atoms with Crippen LogP contribution in [0.2, 0.25) is 5.02 Å². The summed E-state index contributed by atoms with van der Waals surface area (Å²) >= 11 is 6.14. The van der Waals surface area contributed by atoms with Gasteiger partial charge in [0.25, 0.3) is 17.5 Å². The SMILES string of the molecule is COc1cc(N2C(=O)NC(=O)/C(=C\c3ccccc3OCc3cccc([N+](=O)[O-])c3)C2=O)c(OC)cc1Cl. The number of nitrogens with one attached hydrogen (secondary N) is 1. The van der Waals surface area contributed by atoms with Gasteiger partial charge in [-0.2, -0.15) is 0 Å². The van der Waals surface area contributed by atoms with Gasteiger partial charge in [0.15, 0.2) is 0 Å². The molecule has 3 aromatic carbocycles. The van der Waals surface area contributed by atoms with Gasteiger partial charge in [-0.15, -0.1) is 0 Å². The summed E-state index contributed by atoms with van der Waals surface area (Å²) < 4.78 is 16.3. The molecule has 4 amide bonds. The summed E-state index contributed by atoms with van der Waals surface area (Å²) in [6.45, 7) is -0.00557. The Morgan fingerprint density at radius 2 is 1.71 bits per heavy atom. The van der Waals surface area contributed by atoms with Crippen molar-refractivity contribution in [2.45, 2.75) is 6.61 Å². The summed E-state index contributed by atoms with van der Waals surface area (Å²) in [6, 6.07) is 14.3. The molecule has 38 heavy (non-hydrogen) atoms. The van der Waals surface area contributed by atoms with Crippen molar-refractivity contribution in [3.63, 3.8) is 0 Å². The predicted molar refractivity (Wildman–Crippen MR) is 137 cm³/mol. The Morgan fingerprint density at radius 3 is 2.42 bits per heavy atom. The van der Waals surface area contributed by atoms with E-state index in [0.29, 0.717) is 16.9 Å². The number of barbiturate groups is 1. The van der Waals surface area contributed by atoms with Crippen LogP contribution < -0.4 is 24.4 Å². The lowest BCUT2D eigenvalue weighted by atomic mass is 10.1. The fourth-order valence-electron chi connectivity index (χ4n) is 3.70. The average Bonchev–Trinajstić information content (AvgIpc) is 2.90. The molecule has 0 bridgehead atoms. The van der Waals surface area contributed by atoms with Gasteiger partial charge in [0, 0.05) is 29.8 Å². The van der Waals surface area contributed by atoms with Crippen LogP contribution in [-0.4, -0.2) is 37.0 Å². The Bertz CT molecular complexity index is 1490. The predicted octanol–water partition coefficient (Wildman–Crippen LogP) is 4.51. The zero-order valence-electron chi connectivity index (χ0n) is 20.1. The van der Waals surface area contributed by atoms with Gasteiger partial charge >= 0.3 is 6.03 Å². The maximum absolute atomic E-state index is 13.4. The second-order valence-corrected chi connectivity index (χ2v) is 8.28. The van der Waals surface area contributed by atoms with Crippen LogP contribution in [0.5, 0.6) is 17.2 Å². The number of non-ortho nitro benzene ring substituents is 1. The number of carbonyl (C=O) groups is 3. The van der Waals surface area contributed by atoms with Crippen LogP contribution in [0.4, 0.5) is 16.2 Å².